The zero-order chi connectivity index (χ0) is 40.5. The number of ether oxygens (including phenoxy) is 2. The number of unbranched alkanes of at least 4 members (excludes halogenated alkanes) is 6. The number of rotatable bonds is 34. The van der Waals surface area contributed by atoms with Crippen LogP contribution in [0.5, 0.6) is 0 Å². The zero-order valence-electron chi connectivity index (χ0n) is 32.3. The summed E-state index contributed by atoms with van der Waals surface area (Å²) in [6.07, 6.45) is 27.6. The fourth-order valence-electron chi connectivity index (χ4n) is 4.53. The predicted molar refractivity (Wildman–Crippen MR) is 208 cm³/mol. The van der Waals surface area contributed by atoms with Crippen molar-refractivity contribution in [1.29, 1.82) is 0 Å². The third kappa shape index (κ3) is 36.7. The van der Waals surface area contributed by atoms with E-state index in [-0.39, 0.29) is 12.8 Å². The van der Waals surface area contributed by atoms with Crippen LogP contribution in [0.15, 0.2) is 60.8 Å². The normalized spacial score (nSPS) is 15.6. The topological polar surface area (TPSA) is 216 Å². The van der Waals surface area contributed by atoms with E-state index in [9.17, 15) is 33.8 Å². The van der Waals surface area contributed by atoms with Crippen molar-refractivity contribution >= 4 is 27.6 Å². The largest absolute Gasteiger partial charge is 0.472 e. The number of hydrogen-bond donors (Lipinski definition) is 5. The summed E-state index contributed by atoms with van der Waals surface area (Å²) >= 11 is 0. The van der Waals surface area contributed by atoms with E-state index in [1.807, 2.05) is 61.6 Å². The van der Waals surface area contributed by atoms with Gasteiger partial charge in [-0.3, -0.25) is 23.2 Å². The van der Waals surface area contributed by atoms with Crippen molar-refractivity contribution < 1.29 is 66.7 Å². The van der Waals surface area contributed by atoms with Crippen LogP contribution in [0.2, 0.25) is 0 Å². The van der Waals surface area contributed by atoms with Crippen molar-refractivity contribution in [2.24, 2.45) is 5.92 Å². The number of aliphatic hydroxyl groups is 2. The van der Waals surface area contributed by atoms with Crippen molar-refractivity contribution in [2.45, 2.75) is 135 Å². The van der Waals surface area contributed by atoms with Crippen LogP contribution in [-0.4, -0.2) is 81.6 Å². The summed E-state index contributed by atoms with van der Waals surface area (Å²) in [4.78, 5) is 52.3. The Labute approximate surface area is 322 Å². The van der Waals surface area contributed by atoms with Crippen LogP contribution in [0.3, 0.4) is 0 Å². The number of phosphoric acid groups is 2. The van der Waals surface area contributed by atoms with Gasteiger partial charge in [-0.25, -0.2) is 9.13 Å². The van der Waals surface area contributed by atoms with E-state index >= 15 is 0 Å². The summed E-state index contributed by atoms with van der Waals surface area (Å²) in [6.45, 7) is 3.60. The lowest BCUT2D eigenvalue weighted by Crippen LogP contribution is -2.30. The van der Waals surface area contributed by atoms with Crippen LogP contribution in [0.25, 0.3) is 0 Å². The van der Waals surface area contributed by atoms with Crippen molar-refractivity contribution in [3.8, 4) is 0 Å². The molecular formula is C38H66O14P2. The van der Waals surface area contributed by atoms with Crippen LogP contribution in [0, 0.1) is 5.92 Å². The lowest BCUT2D eigenvalue weighted by molar-refractivity contribution is -0.161. The molecule has 0 rings (SSSR count). The molecule has 312 valence electrons. The van der Waals surface area contributed by atoms with Crippen molar-refractivity contribution in [3.05, 3.63) is 60.8 Å². The highest BCUT2D eigenvalue weighted by molar-refractivity contribution is 7.47. The molecule has 0 heterocycles. The minimum absolute atomic E-state index is 0.0965. The van der Waals surface area contributed by atoms with E-state index < -0.39 is 72.3 Å². The highest BCUT2D eigenvalue weighted by atomic mass is 31.2. The second kappa shape index (κ2) is 33.0. The summed E-state index contributed by atoms with van der Waals surface area (Å²) < 4.78 is 47.4. The Hall–Kier alpha value is -2.22. The molecule has 0 saturated heterocycles. The van der Waals surface area contributed by atoms with E-state index in [4.69, 9.17) is 23.8 Å². The van der Waals surface area contributed by atoms with Gasteiger partial charge in [-0.15, -0.1) is 0 Å². The van der Waals surface area contributed by atoms with Gasteiger partial charge in [0.1, 0.15) is 12.7 Å². The van der Waals surface area contributed by atoms with E-state index in [0.29, 0.717) is 31.6 Å². The van der Waals surface area contributed by atoms with Crippen LogP contribution >= 0.6 is 15.6 Å². The fourth-order valence-corrected chi connectivity index (χ4v) is 5.68. The van der Waals surface area contributed by atoms with Gasteiger partial charge in [0.25, 0.3) is 0 Å². The standard InChI is InChI=1S/C38H66O14P2/c1-4-5-25-34(39)26-21-17-12-10-8-6-7-9-11-13-18-22-27-37(41)48-31-36(52-38(42)28-23-19-15-14-16-20-24-33(2)3)32-51-54(46,47)50-30-35(40)29-49-53(43,44)45/h5-7,10-13,17,21,25,33-36,39-40H,4,8-9,14-16,18-20,22-24,26-32H2,1-3H3,(H,46,47)(H2,43,44,45)/b7-6-,12-10-,13-11-,21-17+,25-5-/t34?,35-,36+/m0/s1. The molecule has 0 aliphatic heterocycles. The first-order valence-electron chi connectivity index (χ1n) is 18.9. The van der Waals surface area contributed by atoms with Crippen molar-refractivity contribution in [3.63, 3.8) is 0 Å². The first kappa shape index (κ1) is 51.8. The monoisotopic (exact) mass is 808 g/mol. The van der Waals surface area contributed by atoms with Gasteiger partial charge in [0.2, 0.25) is 0 Å². The molecule has 0 aromatic heterocycles. The Morgan fingerprint density at radius 2 is 1.26 bits per heavy atom. The summed E-state index contributed by atoms with van der Waals surface area (Å²) in [5.41, 5.74) is 0. The molecule has 16 heteroatoms. The number of carbonyl (C=O) groups is 2. The molecule has 0 bridgehead atoms. The van der Waals surface area contributed by atoms with Gasteiger partial charge >= 0.3 is 27.6 Å². The predicted octanol–water partition coefficient (Wildman–Crippen LogP) is 7.71. The number of esters is 2. The summed E-state index contributed by atoms with van der Waals surface area (Å²) in [5.74, 6) is -0.457. The minimum atomic E-state index is -4.87. The van der Waals surface area contributed by atoms with E-state index in [0.717, 1.165) is 44.9 Å². The molecule has 4 atom stereocenters. The molecule has 0 amide bonds. The number of allylic oxidation sites excluding steroid dienone is 8. The quantitative estimate of drug-likeness (QED) is 0.0138. The molecule has 0 fully saturated rings. The maximum Gasteiger partial charge on any atom is 0.472 e. The maximum absolute atomic E-state index is 12.5. The fraction of sp³-hybridized carbons (Fsp3) is 0.684. The second-order valence-corrected chi connectivity index (χ2v) is 15.8. The molecule has 54 heavy (non-hydrogen) atoms. The van der Waals surface area contributed by atoms with E-state index in [1.54, 1.807) is 6.08 Å². The van der Waals surface area contributed by atoms with Gasteiger partial charge < -0.3 is 34.4 Å². The van der Waals surface area contributed by atoms with Gasteiger partial charge in [0.15, 0.2) is 6.10 Å². The molecule has 2 unspecified atom stereocenters. The average Bonchev–Trinajstić information content (AvgIpc) is 3.10. The SMILES string of the molecule is CC/C=C\C(O)C/C=C/C=C\C/C=C\C/C=C\CCCC(=O)OC[C@H](COP(=O)(O)OC[C@@H](O)COP(=O)(O)O)OC(=O)CCCCCCCCC(C)C. The first-order valence-corrected chi connectivity index (χ1v) is 22.0. The summed E-state index contributed by atoms with van der Waals surface area (Å²) in [7, 11) is -9.69. The van der Waals surface area contributed by atoms with Crippen LogP contribution in [0.1, 0.15) is 117 Å². The number of phosphoric ester groups is 2. The lowest BCUT2D eigenvalue weighted by Gasteiger charge is -2.20. The molecule has 0 aliphatic carbocycles. The molecule has 5 N–H and O–H groups in total. The smallest absolute Gasteiger partial charge is 0.462 e. The van der Waals surface area contributed by atoms with Gasteiger partial charge in [-0.1, -0.05) is 120 Å². The molecular weight excluding hydrogens is 742 g/mol. The van der Waals surface area contributed by atoms with Crippen LogP contribution in [-0.2, 0) is 41.8 Å². The first-order chi connectivity index (χ1) is 25.6. The molecule has 0 saturated carbocycles. The Balaban J connectivity index is 4.68. The highest BCUT2D eigenvalue weighted by Crippen LogP contribution is 2.43. The lowest BCUT2D eigenvalue weighted by atomic mass is 10.0. The van der Waals surface area contributed by atoms with Gasteiger partial charge in [-0.05, 0) is 50.9 Å². The van der Waals surface area contributed by atoms with E-state index in [1.165, 1.54) is 12.8 Å². The molecule has 0 radical (unpaired) electrons. The second-order valence-electron chi connectivity index (χ2n) is 13.2. The average molecular weight is 809 g/mol. The van der Waals surface area contributed by atoms with Crippen LogP contribution in [0.4, 0.5) is 0 Å². The molecule has 14 nitrogen and oxygen atoms in total. The molecule has 0 aliphatic rings. The number of hydrogen-bond acceptors (Lipinski definition) is 11. The van der Waals surface area contributed by atoms with Gasteiger partial charge in [0, 0.05) is 12.8 Å². The Morgan fingerprint density at radius 3 is 1.94 bits per heavy atom. The third-order valence-corrected chi connectivity index (χ3v) is 8.85. The Morgan fingerprint density at radius 1 is 0.667 bits per heavy atom. The molecule has 0 aromatic rings. The van der Waals surface area contributed by atoms with Gasteiger partial charge in [-0.2, -0.15) is 0 Å². The highest BCUT2D eigenvalue weighted by Gasteiger charge is 2.28. The Kier molecular flexibility index (Phi) is 31.6. The van der Waals surface area contributed by atoms with Crippen molar-refractivity contribution in [2.75, 3.05) is 26.4 Å². The van der Waals surface area contributed by atoms with Crippen LogP contribution < -0.4 is 0 Å². The number of aliphatic hydroxyl groups excluding tert-OH is 2. The molecule has 0 aromatic carbocycles. The van der Waals surface area contributed by atoms with E-state index in [2.05, 4.69) is 22.9 Å². The summed E-state index contributed by atoms with van der Waals surface area (Å²) in [6, 6.07) is 0. The minimum Gasteiger partial charge on any atom is -0.462 e. The van der Waals surface area contributed by atoms with Gasteiger partial charge in [0.05, 0.1) is 25.9 Å². The van der Waals surface area contributed by atoms with Crippen molar-refractivity contribution in [1.82, 2.24) is 0 Å². The third-order valence-electron chi connectivity index (χ3n) is 7.41. The Bertz CT molecular complexity index is 1220. The maximum atomic E-state index is 12.5. The summed E-state index contributed by atoms with van der Waals surface area (Å²) in [5, 5.41) is 19.4. The number of carbonyl (C=O) groups excluding carboxylic acids is 2. The zero-order valence-corrected chi connectivity index (χ0v) is 34.1. The molecule has 0 spiro atoms.